The average molecular weight is 344 g/mol. The molecule has 1 N–H and O–H groups in total. The highest BCUT2D eigenvalue weighted by atomic mass is 79.9. The van der Waals surface area contributed by atoms with E-state index in [4.69, 9.17) is 0 Å². The number of halogens is 2. The van der Waals surface area contributed by atoms with Gasteiger partial charge in [-0.1, -0.05) is 22.9 Å². The summed E-state index contributed by atoms with van der Waals surface area (Å²) < 4.78 is 14.7. The van der Waals surface area contributed by atoms with E-state index in [9.17, 15) is 19.1 Å². The molecule has 2 rings (SSSR count). The van der Waals surface area contributed by atoms with Crippen molar-refractivity contribution in [1.82, 2.24) is 4.90 Å². The highest BCUT2D eigenvalue weighted by Crippen LogP contribution is 2.40. The molecule has 6 heteroatoms. The van der Waals surface area contributed by atoms with Crippen LogP contribution in [0.15, 0.2) is 22.7 Å². The van der Waals surface area contributed by atoms with Crippen LogP contribution in [0.3, 0.4) is 0 Å². The van der Waals surface area contributed by atoms with Crippen LogP contribution in [0.2, 0.25) is 0 Å². The molecule has 1 fully saturated rings. The molecule has 1 aromatic rings. The normalized spacial score (nSPS) is 22.4. The van der Waals surface area contributed by atoms with E-state index in [-0.39, 0.29) is 17.9 Å². The maximum Gasteiger partial charge on any atom is 0.309 e. The van der Waals surface area contributed by atoms with Crippen molar-refractivity contribution >= 4 is 27.8 Å². The second kappa shape index (κ2) is 5.91. The van der Waals surface area contributed by atoms with Gasteiger partial charge in [-0.15, -0.1) is 0 Å². The number of amides is 1. The smallest absolute Gasteiger partial charge is 0.309 e. The van der Waals surface area contributed by atoms with Gasteiger partial charge in [0.15, 0.2) is 0 Å². The fourth-order valence-electron chi connectivity index (χ4n) is 2.64. The number of carbonyl (C=O) groups is 2. The second-order valence-corrected chi connectivity index (χ2v) is 5.76. The topological polar surface area (TPSA) is 57.6 Å². The van der Waals surface area contributed by atoms with E-state index in [0.29, 0.717) is 17.4 Å². The van der Waals surface area contributed by atoms with E-state index in [0.717, 1.165) is 0 Å². The van der Waals surface area contributed by atoms with E-state index < -0.39 is 23.7 Å². The molecule has 0 aliphatic carbocycles. The van der Waals surface area contributed by atoms with Crippen molar-refractivity contribution < 1.29 is 19.1 Å². The van der Waals surface area contributed by atoms with Gasteiger partial charge >= 0.3 is 5.97 Å². The van der Waals surface area contributed by atoms with Crippen molar-refractivity contribution in [2.45, 2.75) is 25.8 Å². The lowest BCUT2D eigenvalue weighted by Gasteiger charge is -2.27. The van der Waals surface area contributed by atoms with Crippen LogP contribution >= 0.6 is 15.9 Å². The first-order chi connectivity index (χ1) is 9.45. The first-order valence-electron chi connectivity index (χ1n) is 6.43. The van der Waals surface area contributed by atoms with Gasteiger partial charge in [-0.25, -0.2) is 4.39 Å². The minimum absolute atomic E-state index is 0.0774. The van der Waals surface area contributed by atoms with Crippen LogP contribution in [-0.2, 0) is 9.59 Å². The molecule has 4 nitrogen and oxygen atoms in total. The summed E-state index contributed by atoms with van der Waals surface area (Å²) in [5, 5.41) is 9.30. The number of carboxylic acid groups (broad SMARTS) is 1. The zero-order valence-electron chi connectivity index (χ0n) is 11.0. The lowest BCUT2D eigenvalue weighted by atomic mass is 9.93. The molecule has 0 saturated carbocycles. The number of likely N-dealkylation sites (tertiary alicyclic amines) is 1. The fraction of sp³-hybridized carbons (Fsp3) is 0.429. The van der Waals surface area contributed by atoms with Crippen molar-refractivity contribution in [3.8, 4) is 0 Å². The number of rotatable bonds is 4. The van der Waals surface area contributed by atoms with E-state index in [1.165, 1.54) is 11.0 Å². The largest absolute Gasteiger partial charge is 0.481 e. The van der Waals surface area contributed by atoms with Crippen LogP contribution in [0.1, 0.15) is 31.4 Å². The van der Waals surface area contributed by atoms with Crippen molar-refractivity contribution in [1.29, 1.82) is 0 Å². The van der Waals surface area contributed by atoms with Crippen molar-refractivity contribution in [3.63, 3.8) is 0 Å². The molecule has 1 heterocycles. The van der Waals surface area contributed by atoms with Gasteiger partial charge in [0, 0.05) is 23.0 Å². The van der Waals surface area contributed by atoms with E-state index >= 15 is 0 Å². The molecule has 20 heavy (non-hydrogen) atoms. The molecule has 0 radical (unpaired) electrons. The Morgan fingerprint density at radius 3 is 2.85 bits per heavy atom. The summed E-state index contributed by atoms with van der Waals surface area (Å²) in [6, 6.07) is 3.65. The SMILES string of the molecule is CCCN1C(=O)CC(C(=O)O)C1c1cc(Br)ccc1F. The van der Waals surface area contributed by atoms with Gasteiger partial charge in [0.2, 0.25) is 5.91 Å². The van der Waals surface area contributed by atoms with Crippen LogP contribution in [0.25, 0.3) is 0 Å². The van der Waals surface area contributed by atoms with Gasteiger partial charge < -0.3 is 10.0 Å². The van der Waals surface area contributed by atoms with Crippen LogP contribution in [0.5, 0.6) is 0 Å². The van der Waals surface area contributed by atoms with Gasteiger partial charge in [0.1, 0.15) is 5.82 Å². The lowest BCUT2D eigenvalue weighted by molar-refractivity contribution is -0.142. The number of aliphatic carboxylic acids is 1. The molecule has 1 aliphatic rings. The van der Waals surface area contributed by atoms with Gasteiger partial charge in [-0.2, -0.15) is 0 Å². The summed E-state index contributed by atoms with van der Waals surface area (Å²) in [5.41, 5.74) is 0.256. The van der Waals surface area contributed by atoms with Gasteiger partial charge in [0.05, 0.1) is 12.0 Å². The molecule has 1 aromatic carbocycles. The van der Waals surface area contributed by atoms with Crippen LogP contribution in [0, 0.1) is 11.7 Å². The second-order valence-electron chi connectivity index (χ2n) is 4.85. The molecule has 108 valence electrons. The molecule has 0 bridgehead atoms. The lowest BCUT2D eigenvalue weighted by Crippen LogP contribution is -2.31. The van der Waals surface area contributed by atoms with Crippen LogP contribution in [0.4, 0.5) is 4.39 Å². The summed E-state index contributed by atoms with van der Waals surface area (Å²) >= 11 is 3.26. The molecule has 1 saturated heterocycles. The Balaban J connectivity index is 2.48. The van der Waals surface area contributed by atoms with Crippen LogP contribution in [-0.4, -0.2) is 28.4 Å². The predicted molar refractivity (Wildman–Crippen MR) is 74.6 cm³/mol. The predicted octanol–water partition coefficient (Wildman–Crippen LogP) is 2.97. The maximum absolute atomic E-state index is 14.0. The zero-order chi connectivity index (χ0) is 14.9. The molecule has 2 unspecified atom stereocenters. The Bertz CT molecular complexity index is 549. The standard InChI is InChI=1S/C14H15BrFNO3/c1-2-5-17-12(18)7-10(14(19)20)13(17)9-6-8(15)3-4-11(9)16/h3-4,6,10,13H,2,5,7H2,1H3,(H,19,20). The molecule has 0 spiro atoms. The van der Waals surface area contributed by atoms with E-state index in [2.05, 4.69) is 15.9 Å². The third-order valence-electron chi connectivity index (χ3n) is 3.49. The number of benzene rings is 1. The molecule has 2 atom stereocenters. The third-order valence-corrected chi connectivity index (χ3v) is 3.98. The Morgan fingerprint density at radius 1 is 1.55 bits per heavy atom. The minimum Gasteiger partial charge on any atom is -0.481 e. The summed E-state index contributed by atoms with van der Waals surface area (Å²) in [4.78, 5) is 24.8. The molecule has 1 aliphatic heterocycles. The number of carbonyl (C=O) groups excluding carboxylic acids is 1. The Hall–Kier alpha value is -1.43. The first-order valence-corrected chi connectivity index (χ1v) is 7.22. The van der Waals surface area contributed by atoms with Crippen molar-refractivity contribution in [3.05, 3.63) is 34.1 Å². The van der Waals surface area contributed by atoms with Crippen molar-refractivity contribution in [2.24, 2.45) is 5.92 Å². The number of nitrogens with zero attached hydrogens (tertiary/aromatic N) is 1. The number of hydrogen-bond donors (Lipinski definition) is 1. The maximum atomic E-state index is 14.0. The average Bonchev–Trinajstić information content (AvgIpc) is 2.71. The quantitative estimate of drug-likeness (QED) is 0.914. The fourth-order valence-corrected chi connectivity index (χ4v) is 3.02. The van der Waals surface area contributed by atoms with Gasteiger partial charge in [-0.3, -0.25) is 9.59 Å². The minimum atomic E-state index is -1.07. The highest BCUT2D eigenvalue weighted by molar-refractivity contribution is 9.10. The Morgan fingerprint density at radius 2 is 2.25 bits per heavy atom. The molecule has 0 aromatic heterocycles. The third kappa shape index (κ3) is 2.70. The summed E-state index contributed by atoms with van der Waals surface area (Å²) in [5.74, 6) is -2.69. The van der Waals surface area contributed by atoms with E-state index in [1.54, 1.807) is 12.1 Å². The Kier molecular flexibility index (Phi) is 4.42. The highest BCUT2D eigenvalue weighted by Gasteiger charge is 2.45. The van der Waals surface area contributed by atoms with Gasteiger partial charge in [0.25, 0.3) is 0 Å². The summed E-state index contributed by atoms with van der Waals surface area (Å²) in [6.07, 6.45) is 0.621. The molecule has 1 amide bonds. The molecular weight excluding hydrogens is 329 g/mol. The monoisotopic (exact) mass is 343 g/mol. The number of carboxylic acids is 1. The van der Waals surface area contributed by atoms with E-state index in [1.807, 2.05) is 6.92 Å². The Labute approximate surface area is 124 Å². The number of hydrogen-bond acceptors (Lipinski definition) is 2. The van der Waals surface area contributed by atoms with Crippen LogP contribution < -0.4 is 0 Å². The summed E-state index contributed by atoms with van der Waals surface area (Å²) in [7, 11) is 0. The molecular formula is C14H15BrFNO3. The first kappa shape index (κ1) is 15.0. The van der Waals surface area contributed by atoms with Gasteiger partial charge in [-0.05, 0) is 24.6 Å². The zero-order valence-corrected chi connectivity index (χ0v) is 12.6. The summed E-state index contributed by atoms with van der Waals surface area (Å²) in [6.45, 7) is 2.33. The van der Waals surface area contributed by atoms with Crippen molar-refractivity contribution in [2.75, 3.05) is 6.54 Å².